The normalized spacial score (nSPS) is 19.7. The summed E-state index contributed by atoms with van der Waals surface area (Å²) < 4.78 is 11.8. The van der Waals surface area contributed by atoms with Gasteiger partial charge in [0.1, 0.15) is 5.75 Å². The minimum Gasteiger partial charge on any atom is -0.476 e. The van der Waals surface area contributed by atoms with E-state index >= 15 is 0 Å². The lowest BCUT2D eigenvalue weighted by atomic mass is 10.1. The first-order chi connectivity index (χ1) is 12.6. The molecule has 2 aliphatic heterocycles. The number of rotatable bonds is 2. The van der Waals surface area contributed by atoms with Gasteiger partial charge in [-0.05, 0) is 59.5 Å². The Morgan fingerprint density at radius 3 is 2.54 bits per heavy atom. The average molecular weight is 419 g/mol. The highest BCUT2D eigenvalue weighted by molar-refractivity contribution is 9.10. The molecule has 2 aliphatic rings. The molecule has 6 nitrogen and oxygen atoms in total. The topological polar surface area (TPSA) is 63.0 Å². The van der Waals surface area contributed by atoms with Crippen molar-refractivity contribution < 1.29 is 18.7 Å². The van der Waals surface area contributed by atoms with Gasteiger partial charge in [0.15, 0.2) is 16.5 Å². The third kappa shape index (κ3) is 3.23. The van der Waals surface area contributed by atoms with Crippen molar-refractivity contribution in [3.05, 3.63) is 46.8 Å². The number of hydrogen-bond acceptors (Lipinski definition) is 4. The lowest BCUT2D eigenvalue weighted by Crippen LogP contribution is -2.52. The van der Waals surface area contributed by atoms with Crippen LogP contribution in [0.2, 0.25) is 0 Å². The summed E-state index contributed by atoms with van der Waals surface area (Å²) in [5.41, 5.74) is 0.646. The summed E-state index contributed by atoms with van der Waals surface area (Å²) in [6.07, 6.45) is 2.47. The summed E-state index contributed by atoms with van der Waals surface area (Å²) in [5.74, 6) is 0.409. The van der Waals surface area contributed by atoms with Crippen LogP contribution in [0, 0.1) is 0 Å². The maximum atomic E-state index is 13.0. The molecule has 1 aromatic heterocycles. The molecule has 0 N–H and O–H groups in total. The molecule has 7 heteroatoms. The summed E-state index contributed by atoms with van der Waals surface area (Å²) in [6, 6.07) is 10.6. The van der Waals surface area contributed by atoms with Crippen LogP contribution in [0.1, 0.15) is 29.8 Å². The maximum Gasteiger partial charge on any atom is 0.294 e. The summed E-state index contributed by atoms with van der Waals surface area (Å²) >= 11 is 3.22. The fraction of sp³-hybridized carbons (Fsp3) is 0.368. The number of anilines is 1. The average Bonchev–Trinajstić information content (AvgIpc) is 3.13. The van der Waals surface area contributed by atoms with Crippen molar-refractivity contribution in [1.29, 1.82) is 0 Å². The predicted molar refractivity (Wildman–Crippen MR) is 99.4 cm³/mol. The Labute approximate surface area is 159 Å². The van der Waals surface area contributed by atoms with Crippen molar-refractivity contribution in [1.82, 2.24) is 4.90 Å². The third-order valence-corrected chi connectivity index (χ3v) is 5.17. The van der Waals surface area contributed by atoms with Crippen LogP contribution >= 0.6 is 15.9 Å². The molecule has 0 spiro atoms. The van der Waals surface area contributed by atoms with Crippen LogP contribution in [-0.2, 0) is 4.79 Å². The third-order valence-electron chi connectivity index (χ3n) is 4.75. The number of likely N-dealkylation sites (tertiary alicyclic amines) is 1. The Morgan fingerprint density at radius 1 is 1.04 bits per heavy atom. The van der Waals surface area contributed by atoms with Crippen LogP contribution in [0.15, 0.2) is 45.5 Å². The zero-order chi connectivity index (χ0) is 18.1. The first-order valence-electron chi connectivity index (χ1n) is 8.75. The fourth-order valence-corrected chi connectivity index (χ4v) is 3.74. The Morgan fingerprint density at radius 2 is 1.81 bits per heavy atom. The SMILES string of the molecule is O=C(C1CN(C(=O)c2ccc(Br)o2)c2ccccc2O1)N1CCCCC1. The molecule has 1 unspecified atom stereocenters. The zero-order valence-corrected chi connectivity index (χ0v) is 15.8. The van der Waals surface area contributed by atoms with Crippen LogP contribution in [0.25, 0.3) is 0 Å². The van der Waals surface area contributed by atoms with Crippen molar-refractivity contribution in [2.24, 2.45) is 0 Å². The number of para-hydroxylation sites is 2. The Kier molecular flexibility index (Phi) is 4.72. The van der Waals surface area contributed by atoms with Gasteiger partial charge in [-0.2, -0.15) is 0 Å². The second-order valence-corrected chi connectivity index (χ2v) is 7.26. The molecule has 1 fully saturated rings. The molecule has 0 aliphatic carbocycles. The first kappa shape index (κ1) is 17.1. The van der Waals surface area contributed by atoms with E-state index in [1.807, 2.05) is 23.1 Å². The van der Waals surface area contributed by atoms with Gasteiger partial charge >= 0.3 is 0 Å². The van der Waals surface area contributed by atoms with E-state index in [9.17, 15) is 9.59 Å². The number of furan rings is 1. The predicted octanol–water partition coefficient (Wildman–Crippen LogP) is 3.46. The molecule has 136 valence electrons. The highest BCUT2D eigenvalue weighted by atomic mass is 79.9. The molecule has 26 heavy (non-hydrogen) atoms. The number of carbonyl (C=O) groups is 2. The van der Waals surface area contributed by atoms with E-state index in [1.54, 1.807) is 23.1 Å². The number of piperidine rings is 1. The molecule has 2 amide bonds. The molecule has 1 atom stereocenters. The lowest BCUT2D eigenvalue weighted by molar-refractivity contribution is -0.139. The second kappa shape index (κ2) is 7.15. The number of benzene rings is 1. The van der Waals surface area contributed by atoms with Crippen molar-refractivity contribution in [3.8, 4) is 5.75 Å². The zero-order valence-electron chi connectivity index (χ0n) is 14.2. The van der Waals surface area contributed by atoms with Gasteiger partial charge in [0.2, 0.25) is 0 Å². The molecule has 0 saturated carbocycles. The quantitative estimate of drug-likeness (QED) is 0.748. The smallest absolute Gasteiger partial charge is 0.294 e. The van der Waals surface area contributed by atoms with Gasteiger partial charge in [-0.15, -0.1) is 0 Å². The van der Waals surface area contributed by atoms with Crippen molar-refractivity contribution in [3.63, 3.8) is 0 Å². The summed E-state index contributed by atoms with van der Waals surface area (Å²) in [4.78, 5) is 29.3. The van der Waals surface area contributed by atoms with Crippen molar-refractivity contribution in [2.75, 3.05) is 24.5 Å². The van der Waals surface area contributed by atoms with Crippen LogP contribution in [0.5, 0.6) is 5.75 Å². The summed E-state index contributed by atoms with van der Waals surface area (Å²) in [6.45, 7) is 1.67. The number of carbonyl (C=O) groups excluding carboxylic acids is 2. The summed E-state index contributed by atoms with van der Waals surface area (Å²) in [5, 5.41) is 0. The monoisotopic (exact) mass is 418 g/mol. The maximum absolute atomic E-state index is 13.0. The van der Waals surface area contributed by atoms with E-state index in [1.165, 1.54) is 0 Å². The van der Waals surface area contributed by atoms with E-state index in [0.29, 0.717) is 16.1 Å². The van der Waals surface area contributed by atoms with Gasteiger partial charge in [0.05, 0.1) is 12.2 Å². The van der Waals surface area contributed by atoms with Crippen molar-refractivity contribution >= 4 is 33.4 Å². The number of hydrogen-bond donors (Lipinski definition) is 0. The van der Waals surface area contributed by atoms with E-state index < -0.39 is 6.10 Å². The van der Waals surface area contributed by atoms with Gasteiger partial charge in [0.25, 0.3) is 11.8 Å². The van der Waals surface area contributed by atoms with Crippen LogP contribution < -0.4 is 9.64 Å². The van der Waals surface area contributed by atoms with Gasteiger partial charge in [-0.1, -0.05) is 12.1 Å². The molecule has 4 rings (SSSR count). The number of nitrogens with zero attached hydrogens (tertiary/aromatic N) is 2. The second-order valence-electron chi connectivity index (χ2n) is 6.48. The van der Waals surface area contributed by atoms with Crippen molar-refractivity contribution in [2.45, 2.75) is 25.4 Å². The highest BCUT2D eigenvalue weighted by Crippen LogP contribution is 2.35. The molecular weight excluding hydrogens is 400 g/mol. The van der Waals surface area contributed by atoms with Crippen LogP contribution in [0.4, 0.5) is 5.69 Å². The standard InChI is InChI=1S/C19H19BrN2O4/c20-17-9-8-15(26-17)19(24)22-12-16(18(23)21-10-4-1-5-11-21)25-14-7-3-2-6-13(14)22/h2-3,6-9,16H,1,4-5,10-12H2. The number of amides is 2. The number of ether oxygens (including phenoxy) is 1. The first-order valence-corrected chi connectivity index (χ1v) is 9.54. The minimum absolute atomic E-state index is 0.0578. The molecule has 0 radical (unpaired) electrons. The van der Waals surface area contributed by atoms with Crippen LogP contribution in [0.3, 0.4) is 0 Å². The largest absolute Gasteiger partial charge is 0.476 e. The molecule has 3 heterocycles. The number of halogens is 1. The Bertz CT molecular complexity index is 828. The minimum atomic E-state index is -0.703. The van der Waals surface area contributed by atoms with Gasteiger partial charge in [-0.3, -0.25) is 14.5 Å². The van der Waals surface area contributed by atoms with E-state index in [2.05, 4.69) is 15.9 Å². The molecule has 1 saturated heterocycles. The molecule has 0 bridgehead atoms. The molecule has 2 aromatic rings. The Balaban J connectivity index is 1.62. The van der Waals surface area contributed by atoms with Gasteiger partial charge in [-0.25, -0.2) is 0 Å². The number of fused-ring (bicyclic) bond motifs is 1. The highest BCUT2D eigenvalue weighted by Gasteiger charge is 2.37. The van der Waals surface area contributed by atoms with E-state index in [-0.39, 0.29) is 24.1 Å². The van der Waals surface area contributed by atoms with E-state index in [0.717, 1.165) is 32.4 Å². The van der Waals surface area contributed by atoms with Gasteiger partial charge in [0, 0.05) is 13.1 Å². The Hall–Kier alpha value is -2.28. The summed E-state index contributed by atoms with van der Waals surface area (Å²) in [7, 11) is 0. The van der Waals surface area contributed by atoms with E-state index in [4.69, 9.17) is 9.15 Å². The van der Waals surface area contributed by atoms with Crippen LogP contribution in [-0.4, -0.2) is 42.5 Å². The lowest BCUT2D eigenvalue weighted by Gasteiger charge is -2.37. The molecular formula is C19H19BrN2O4. The molecule has 1 aromatic carbocycles. The fourth-order valence-electron chi connectivity index (χ4n) is 3.44. The van der Waals surface area contributed by atoms with Gasteiger partial charge < -0.3 is 14.1 Å².